The van der Waals surface area contributed by atoms with E-state index in [0.717, 1.165) is 12.1 Å². The lowest BCUT2D eigenvalue weighted by Crippen LogP contribution is -2.44. The number of hydrogen-bond acceptors (Lipinski definition) is 4. The summed E-state index contributed by atoms with van der Waals surface area (Å²) in [5, 5.41) is 9.10. The van der Waals surface area contributed by atoms with Crippen molar-refractivity contribution in [1.82, 2.24) is 4.72 Å². The molecule has 0 heterocycles. The molecule has 0 aliphatic heterocycles. The number of methoxy groups -OCH3 is 1. The number of aliphatic carboxylic acids is 1. The van der Waals surface area contributed by atoms with Gasteiger partial charge in [-0.2, -0.15) is 4.72 Å². The van der Waals surface area contributed by atoms with Crippen molar-refractivity contribution in [3.8, 4) is 5.75 Å². The van der Waals surface area contributed by atoms with Gasteiger partial charge in [0.2, 0.25) is 10.0 Å². The highest BCUT2D eigenvalue weighted by molar-refractivity contribution is 7.89. The van der Waals surface area contributed by atoms with Crippen LogP contribution in [-0.4, -0.2) is 32.6 Å². The molecule has 1 rings (SSSR count). The smallest absolute Gasteiger partial charge is 0.322 e. The minimum atomic E-state index is -4.13. The number of benzene rings is 1. The number of carboxylic acid groups (broad SMARTS) is 1. The summed E-state index contributed by atoms with van der Waals surface area (Å²) in [5.41, 5.74) is 0. The zero-order valence-electron chi connectivity index (χ0n) is 12.0. The predicted octanol–water partition coefficient (Wildman–Crippen LogP) is 1.61. The van der Waals surface area contributed by atoms with Crippen molar-refractivity contribution in [2.75, 3.05) is 7.11 Å². The van der Waals surface area contributed by atoms with Gasteiger partial charge in [0.05, 0.1) is 12.0 Å². The SMILES string of the molecule is CCC(C)C(NS(=O)(=O)c1ccc(OC)c(F)c1)C(=O)O. The van der Waals surface area contributed by atoms with Gasteiger partial charge in [0.15, 0.2) is 11.6 Å². The third kappa shape index (κ3) is 4.15. The average Bonchev–Trinajstić information content (AvgIpc) is 2.43. The van der Waals surface area contributed by atoms with E-state index in [4.69, 9.17) is 9.84 Å². The van der Waals surface area contributed by atoms with Crippen molar-refractivity contribution in [1.29, 1.82) is 0 Å². The Morgan fingerprint density at radius 2 is 2.10 bits per heavy atom. The molecule has 0 saturated heterocycles. The first kappa shape index (κ1) is 17.4. The minimum Gasteiger partial charge on any atom is -0.494 e. The number of rotatable bonds is 7. The van der Waals surface area contributed by atoms with Crippen molar-refractivity contribution in [2.45, 2.75) is 31.2 Å². The van der Waals surface area contributed by atoms with E-state index in [2.05, 4.69) is 4.72 Å². The molecule has 0 aromatic heterocycles. The number of nitrogens with one attached hydrogen (secondary N) is 1. The lowest BCUT2D eigenvalue weighted by Gasteiger charge is -2.20. The quantitative estimate of drug-likeness (QED) is 0.796. The summed E-state index contributed by atoms with van der Waals surface area (Å²) < 4.78 is 44.6. The molecule has 2 atom stereocenters. The molecule has 8 heteroatoms. The maximum atomic E-state index is 13.6. The zero-order valence-corrected chi connectivity index (χ0v) is 12.8. The van der Waals surface area contributed by atoms with Crippen LogP contribution in [0.1, 0.15) is 20.3 Å². The van der Waals surface area contributed by atoms with Gasteiger partial charge in [0, 0.05) is 0 Å². The molecule has 2 unspecified atom stereocenters. The summed E-state index contributed by atoms with van der Waals surface area (Å²) in [6.07, 6.45) is 0.483. The maximum Gasteiger partial charge on any atom is 0.322 e. The highest BCUT2D eigenvalue weighted by Crippen LogP contribution is 2.21. The molecule has 1 aromatic carbocycles. The first-order chi connectivity index (χ1) is 9.72. The van der Waals surface area contributed by atoms with Crippen molar-refractivity contribution in [2.24, 2.45) is 5.92 Å². The molecular weight excluding hydrogens is 301 g/mol. The van der Waals surface area contributed by atoms with Crippen LogP contribution >= 0.6 is 0 Å². The van der Waals surface area contributed by atoms with Crippen molar-refractivity contribution in [3.05, 3.63) is 24.0 Å². The lowest BCUT2D eigenvalue weighted by molar-refractivity contribution is -0.140. The Morgan fingerprint density at radius 1 is 1.48 bits per heavy atom. The second-order valence-corrected chi connectivity index (χ2v) is 6.33. The normalized spacial score (nSPS) is 14.5. The van der Waals surface area contributed by atoms with Crippen molar-refractivity contribution in [3.63, 3.8) is 0 Å². The number of halogens is 1. The summed E-state index contributed by atoms with van der Waals surface area (Å²) in [7, 11) is -2.88. The third-order valence-corrected chi connectivity index (χ3v) is 4.63. The van der Waals surface area contributed by atoms with E-state index in [0.29, 0.717) is 6.42 Å². The first-order valence-corrected chi connectivity index (χ1v) is 7.80. The average molecular weight is 319 g/mol. The van der Waals surface area contributed by atoms with Gasteiger partial charge >= 0.3 is 5.97 Å². The summed E-state index contributed by atoms with van der Waals surface area (Å²) in [6.45, 7) is 3.37. The summed E-state index contributed by atoms with van der Waals surface area (Å²) in [6, 6.07) is 1.84. The molecule has 0 saturated carbocycles. The summed E-state index contributed by atoms with van der Waals surface area (Å²) in [4.78, 5) is 10.8. The summed E-state index contributed by atoms with van der Waals surface area (Å²) in [5.74, 6) is -2.61. The molecule has 0 aliphatic rings. The van der Waals surface area contributed by atoms with Gasteiger partial charge in [0.1, 0.15) is 6.04 Å². The van der Waals surface area contributed by atoms with Gasteiger partial charge < -0.3 is 9.84 Å². The van der Waals surface area contributed by atoms with E-state index in [1.165, 1.54) is 13.2 Å². The number of sulfonamides is 1. The molecule has 0 fully saturated rings. The van der Waals surface area contributed by atoms with E-state index in [1.54, 1.807) is 13.8 Å². The monoisotopic (exact) mass is 319 g/mol. The van der Waals surface area contributed by atoms with E-state index in [9.17, 15) is 17.6 Å². The molecule has 2 N–H and O–H groups in total. The van der Waals surface area contributed by atoms with Crippen LogP contribution in [0, 0.1) is 11.7 Å². The Balaban J connectivity index is 3.10. The number of hydrogen-bond donors (Lipinski definition) is 2. The number of carbonyl (C=O) groups is 1. The molecule has 118 valence electrons. The largest absolute Gasteiger partial charge is 0.494 e. The van der Waals surface area contributed by atoms with Gasteiger partial charge in [-0.05, 0) is 24.1 Å². The maximum absolute atomic E-state index is 13.6. The van der Waals surface area contributed by atoms with Crippen LogP contribution in [0.3, 0.4) is 0 Å². The fraction of sp³-hybridized carbons (Fsp3) is 0.462. The van der Waals surface area contributed by atoms with E-state index < -0.39 is 33.8 Å². The van der Waals surface area contributed by atoms with Gasteiger partial charge in [-0.15, -0.1) is 0 Å². The van der Waals surface area contributed by atoms with E-state index >= 15 is 0 Å². The van der Waals surface area contributed by atoms with Crippen LogP contribution in [0.5, 0.6) is 5.75 Å². The molecule has 0 spiro atoms. The second-order valence-electron chi connectivity index (χ2n) is 4.62. The van der Waals surface area contributed by atoms with Gasteiger partial charge in [-0.1, -0.05) is 20.3 Å². The Labute approximate surface area is 123 Å². The van der Waals surface area contributed by atoms with Gasteiger partial charge in [0.25, 0.3) is 0 Å². The predicted molar refractivity (Wildman–Crippen MR) is 74.2 cm³/mol. The van der Waals surface area contributed by atoms with Crippen LogP contribution in [-0.2, 0) is 14.8 Å². The molecule has 0 aliphatic carbocycles. The molecular formula is C13H18FNO5S. The Kier molecular flexibility index (Phi) is 5.68. The fourth-order valence-corrected chi connectivity index (χ4v) is 3.00. The fourth-order valence-electron chi connectivity index (χ4n) is 1.70. The third-order valence-electron chi connectivity index (χ3n) is 3.19. The highest BCUT2D eigenvalue weighted by Gasteiger charge is 2.29. The molecule has 1 aromatic rings. The molecule has 0 radical (unpaired) electrons. The highest BCUT2D eigenvalue weighted by atomic mass is 32.2. The van der Waals surface area contributed by atoms with Gasteiger partial charge in [-0.3, -0.25) is 4.79 Å². The van der Waals surface area contributed by atoms with Crippen LogP contribution in [0.4, 0.5) is 4.39 Å². The standard InChI is InChI=1S/C13H18FNO5S/c1-4-8(2)12(13(16)17)15-21(18,19)9-5-6-11(20-3)10(14)7-9/h5-8,12,15H,4H2,1-3H3,(H,16,17). The van der Waals surface area contributed by atoms with E-state index in [-0.39, 0.29) is 10.6 Å². The van der Waals surface area contributed by atoms with Crippen LogP contribution < -0.4 is 9.46 Å². The zero-order chi connectivity index (χ0) is 16.2. The Hall–Kier alpha value is -1.67. The molecule has 21 heavy (non-hydrogen) atoms. The minimum absolute atomic E-state index is 0.0920. The molecule has 0 amide bonds. The molecule has 0 bridgehead atoms. The van der Waals surface area contributed by atoms with Crippen molar-refractivity contribution < 1.29 is 27.4 Å². The van der Waals surface area contributed by atoms with Gasteiger partial charge in [-0.25, -0.2) is 12.8 Å². The number of carboxylic acids is 1. The van der Waals surface area contributed by atoms with Crippen LogP contribution in [0.2, 0.25) is 0 Å². The Morgan fingerprint density at radius 3 is 2.52 bits per heavy atom. The first-order valence-electron chi connectivity index (χ1n) is 6.31. The van der Waals surface area contributed by atoms with Crippen molar-refractivity contribution >= 4 is 16.0 Å². The molecule has 6 nitrogen and oxygen atoms in total. The topological polar surface area (TPSA) is 92.7 Å². The van der Waals surface area contributed by atoms with E-state index in [1.807, 2.05) is 0 Å². The Bertz CT molecular complexity index is 617. The lowest BCUT2D eigenvalue weighted by atomic mass is 10.0. The second kappa shape index (κ2) is 6.86. The van der Waals surface area contributed by atoms with Crippen LogP contribution in [0.25, 0.3) is 0 Å². The van der Waals surface area contributed by atoms with Crippen LogP contribution in [0.15, 0.2) is 23.1 Å². The number of ether oxygens (including phenoxy) is 1. The summed E-state index contributed by atoms with van der Waals surface area (Å²) >= 11 is 0.